The minimum atomic E-state index is -0.921. The smallest absolute Gasteiger partial charge is 0.0861 e. The normalized spacial score (nSPS) is 39.3. The summed E-state index contributed by atoms with van der Waals surface area (Å²) >= 11 is 0. The van der Waals surface area contributed by atoms with Crippen molar-refractivity contribution in [3.05, 3.63) is 36.0 Å². The molecule has 0 amide bonds. The van der Waals surface area contributed by atoms with Gasteiger partial charge in [-0.2, -0.15) is 0 Å². The zero-order chi connectivity index (χ0) is 16.5. The second-order valence-electron chi connectivity index (χ2n) is 7.82. The Labute approximate surface area is 135 Å². The molecular weight excluding hydrogens is 272 g/mol. The Hall–Kier alpha value is -0.860. The van der Waals surface area contributed by atoms with Crippen LogP contribution in [0, 0.1) is 23.7 Å². The third-order valence-electron chi connectivity index (χ3n) is 5.69. The largest absolute Gasteiger partial charge is 0.392 e. The maximum Gasteiger partial charge on any atom is 0.0861 e. The van der Waals surface area contributed by atoms with Crippen molar-refractivity contribution in [3.8, 4) is 0 Å². The quantitative estimate of drug-likeness (QED) is 0.762. The second kappa shape index (κ2) is 6.72. The summed E-state index contributed by atoms with van der Waals surface area (Å²) in [4.78, 5) is 0. The highest BCUT2D eigenvalue weighted by molar-refractivity contribution is 5.27. The van der Waals surface area contributed by atoms with Gasteiger partial charge >= 0.3 is 0 Å². The van der Waals surface area contributed by atoms with Crippen LogP contribution in [0.15, 0.2) is 36.0 Å². The molecule has 1 fully saturated rings. The van der Waals surface area contributed by atoms with Gasteiger partial charge in [0.15, 0.2) is 0 Å². The maximum absolute atomic E-state index is 11.0. The molecule has 0 aromatic carbocycles. The van der Waals surface area contributed by atoms with E-state index in [9.17, 15) is 10.2 Å². The van der Waals surface area contributed by atoms with Crippen LogP contribution in [0.2, 0.25) is 0 Å². The predicted octanol–water partition coefficient (Wildman–Crippen LogP) is 4.25. The number of aliphatic hydroxyl groups is 2. The van der Waals surface area contributed by atoms with Crippen molar-refractivity contribution >= 4 is 0 Å². The molecule has 2 rings (SSSR count). The van der Waals surface area contributed by atoms with Gasteiger partial charge in [0.2, 0.25) is 0 Å². The summed E-state index contributed by atoms with van der Waals surface area (Å²) in [5.41, 5.74) is 1.59. The Bertz CT molecular complexity index is 468. The first-order valence-electron chi connectivity index (χ1n) is 8.65. The lowest BCUT2D eigenvalue weighted by molar-refractivity contribution is -0.0605. The molecule has 2 aliphatic rings. The van der Waals surface area contributed by atoms with Crippen LogP contribution in [-0.4, -0.2) is 21.9 Å². The first-order valence-corrected chi connectivity index (χ1v) is 8.65. The molecule has 0 saturated heterocycles. The lowest BCUT2D eigenvalue weighted by Gasteiger charge is -2.37. The molecule has 0 aliphatic heterocycles. The highest BCUT2D eigenvalue weighted by atomic mass is 16.3. The van der Waals surface area contributed by atoms with E-state index in [1.54, 1.807) is 0 Å². The van der Waals surface area contributed by atoms with E-state index in [4.69, 9.17) is 0 Å². The topological polar surface area (TPSA) is 40.5 Å². The number of fused-ring (bicyclic) bond motifs is 1. The molecule has 124 valence electrons. The first kappa shape index (κ1) is 17.5. The maximum atomic E-state index is 11.0. The summed E-state index contributed by atoms with van der Waals surface area (Å²) < 4.78 is 0. The van der Waals surface area contributed by atoms with Crippen molar-refractivity contribution in [2.24, 2.45) is 23.7 Å². The molecule has 2 N–H and O–H groups in total. The summed E-state index contributed by atoms with van der Waals surface area (Å²) in [6.45, 7) is 12.5. The Morgan fingerprint density at radius 3 is 2.82 bits per heavy atom. The molecule has 0 heterocycles. The number of allylic oxidation sites excluding steroid dienone is 4. The molecule has 0 unspecified atom stereocenters. The van der Waals surface area contributed by atoms with Crippen molar-refractivity contribution in [2.75, 3.05) is 0 Å². The Morgan fingerprint density at radius 1 is 1.50 bits per heavy atom. The Morgan fingerprint density at radius 2 is 2.18 bits per heavy atom. The zero-order valence-corrected chi connectivity index (χ0v) is 14.5. The van der Waals surface area contributed by atoms with Gasteiger partial charge in [-0.25, -0.2) is 0 Å². The average molecular weight is 304 g/mol. The van der Waals surface area contributed by atoms with Crippen LogP contribution in [0.5, 0.6) is 0 Å². The van der Waals surface area contributed by atoms with Gasteiger partial charge in [-0.3, -0.25) is 0 Å². The molecule has 2 aliphatic carbocycles. The number of hydrogen-bond acceptors (Lipinski definition) is 2. The molecule has 6 atom stereocenters. The van der Waals surface area contributed by atoms with Gasteiger partial charge in [0, 0.05) is 11.8 Å². The van der Waals surface area contributed by atoms with Crippen molar-refractivity contribution in [1.82, 2.24) is 0 Å². The Kier molecular flexibility index (Phi) is 5.34. The molecule has 22 heavy (non-hydrogen) atoms. The van der Waals surface area contributed by atoms with Crippen molar-refractivity contribution in [3.63, 3.8) is 0 Å². The van der Waals surface area contributed by atoms with Crippen LogP contribution in [-0.2, 0) is 0 Å². The van der Waals surface area contributed by atoms with Crippen molar-refractivity contribution in [2.45, 2.75) is 65.1 Å². The molecule has 0 aromatic rings. The minimum absolute atomic E-state index is 0.125. The molecule has 0 spiro atoms. The van der Waals surface area contributed by atoms with Gasteiger partial charge in [0.1, 0.15) is 0 Å². The summed E-state index contributed by atoms with van der Waals surface area (Å²) in [7, 11) is 0. The summed E-state index contributed by atoms with van der Waals surface area (Å²) in [5.74, 6) is 0.677. The van der Waals surface area contributed by atoms with Crippen molar-refractivity contribution < 1.29 is 10.2 Å². The van der Waals surface area contributed by atoms with Gasteiger partial charge in [0.05, 0.1) is 11.7 Å². The summed E-state index contributed by atoms with van der Waals surface area (Å²) in [6.07, 6.45) is 9.80. The summed E-state index contributed by atoms with van der Waals surface area (Å²) in [5, 5.41) is 21.6. The monoisotopic (exact) mass is 304 g/mol. The van der Waals surface area contributed by atoms with Crippen LogP contribution >= 0.6 is 0 Å². The molecule has 0 aromatic heterocycles. The van der Waals surface area contributed by atoms with E-state index < -0.39 is 11.7 Å². The zero-order valence-electron chi connectivity index (χ0n) is 14.5. The molecular formula is C20H32O2. The van der Waals surface area contributed by atoms with Crippen LogP contribution in [0.25, 0.3) is 0 Å². The standard InChI is InChI=1S/C20H32O2/c1-13(2)7-6-8-14(3)17-10-9-15(4)16-11-12-20(5,22)18(16)19(17)21/h7,11-12,14,16-19,21-22H,4,6,8-10H2,1-3,5H3/t14-,16+,17+,18-,19-,20-/m1/s1. The van der Waals surface area contributed by atoms with Crippen LogP contribution in [0.1, 0.15) is 53.4 Å². The number of rotatable bonds is 4. The molecule has 1 saturated carbocycles. The fourth-order valence-corrected chi connectivity index (χ4v) is 4.27. The summed E-state index contributed by atoms with van der Waals surface area (Å²) in [6, 6.07) is 0. The lowest BCUT2D eigenvalue weighted by atomic mass is 9.73. The lowest BCUT2D eigenvalue weighted by Crippen LogP contribution is -2.44. The SMILES string of the molecule is C=C1CC[C@@H]([C@H](C)CCC=C(C)C)[C@@H](O)[C@H]2[C@H]1C=C[C@@]2(C)O. The van der Waals surface area contributed by atoms with Gasteiger partial charge in [-0.15, -0.1) is 0 Å². The molecule has 0 bridgehead atoms. The van der Waals surface area contributed by atoms with Crippen LogP contribution in [0.3, 0.4) is 0 Å². The number of hydrogen-bond donors (Lipinski definition) is 2. The fraction of sp³-hybridized carbons (Fsp3) is 0.700. The van der Waals surface area contributed by atoms with Gasteiger partial charge in [-0.05, 0) is 58.3 Å². The van der Waals surface area contributed by atoms with E-state index in [2.05, 4.69) is 33.4 Å². The average Bonchev–Trinajstić information content (AvgIpc) is 2.66. The highest BCUT2D eigenvalue weighted by Gasteiger charge is 2.49. The van der Waals surface area contributed by atoms with Gasteiger partial charge in [0.25, 0.3) is 0 Å². The molecule has 2 nitrogen and oxygen atoms in total. The van der Waals surface area contributed by atoms with Crippen LogP contribution in [0.4, 0.5) is 0 Å². The van der Waals surface area contributed by atoms with E-state index in [0.717, 1.165) is 31.3 Å². The Balaban J connectivity index is 2.13. The van der Waals surface area contributed by atoms with E-state index in [1.165, 1.54) is 5.57 Å². The minimum Gasteiger partial charge on any atom is -0.392 e. The fourth-order valence-electron chi connectivity index (χ4n) is 4.27. The number of aliphatic hydroxyl groups excluding tert-OH is 1. The molecule has 0 radical (unpaired) electrons. The van der Waals surface area contributed by atoms with Crippen LogP contribution < -0.4 is 0 Å². The van der Waals surface area contributed by atoms with E-state index >= 15 is 0 Å². The first-order chi connectivity index (χ1) is 10.2. The predicted molar refractivity (Wildman–Crippen MR) is 92.4 cm³/mol. The van der Waals surface area contributed by atoms with Gasteiger partial charge in [-0.1, -0.05) is 42.9 Å². The van der Waals surface area contributed by atoms with Gasteiger partial charge < -0.3 is 10.2 Å². The third kappa shape index (κ3) is 3.55. The second-order valence-corrected chi connectivity index (χ2v) is 7.82. The van der Waals surface area contributed by atoms with Crippen molar-refractivity contribution in [1.29, 1.82) is 0 Å². The highest BCUT2D eigenvalue weighted by Crippen LogP contribution is 2.48. The molecule has 2 heteroatoms. The van der Waals surface area contributed by atoms with E-state index in [1.807, 2.05) is 19.1 Å². The van der Waals surface area contributed by atoms with E-state index in [0.29, 0.717) is 5.92 Å². The third-order valence-corrected chi connectivity index (χ3v) is 5.69. The van der Waals surface area contributed by atoms with E-state index in [-0.39, 0.29) is 17.8 Å².